The zero-order valence-electron chi connectivity index (χ0n) is 15.2. The maximum atomic E-state index is 12.6. The number of imidazole rings is 1. The third-order valence-corrected chi connectivity index (χ3v) is 5.33. The summed E-state index contributed by atoms with van der Waals surface area (Å²) in [4.78, 5) is 20.5. The van der Waals surface area contributed by atoms with Gasteiger partial charge in [-0.15, -0.1) is 0 Å². The summed E-state index contributed by atoms with van der Waals surface area (Å²) in [7, 11) is 0. The topological polar surface area (TPSA) is 86.5 Å². The van der Waals surface area contributed by atoms with Crippen molar-refractivity contribution in [3.8, 4) is 11.5 Å². The summed E-state index contributed by atoms with van der Waals surface area (Å²) >= 11 is 3.41. The largest absolute Gasteiger partial charge is 0.348 e. The Morgan fingerprint density at radius 1 is 1.00 bits per heavy atom. The maximum absolute atomic E-state index is 12.6. The average Bonchev–Trinajstić information content (AvgIpc) is 3.36. The van der Waals surface area contributed by atoms with Crippen LogP contribution in [0.3, 0.4) is 0 Å². The molecule has 0 saturated heterocycles. The number of aromatic nitrogens is 4. The first-order valence-corrected chi connectivity index (χ1v) is 9.92. The highest BCUT2D eigenvalue weighted by molar-refractivity contribution is 9.10. The van der Waals surface area contributed by atoms with Crippen LogP contribution in [0, 0.1) is 0 Å². The highest BCUT2D eigenvalue weighted by Gasteiger charge is 2.14. The van der Waals surface area contributed by atoms with E-state index in [1.807, 2.05) is 54.6 Å². The van der Waals surface area contributed by atoms with Gasteiger partial charge in [-0.05, 0) is 42.0 Å². The second kappa shape index (κ2) is 7.18. The minimum Gasteiger partial charge on any atom is -0.348 e. The first kappa shape index (κ1) is 17.6. The molecule has 0 saturated carbocycles. The molecule has 0 unspecified atom stereocenters. The molecule has 0 spiro atoms. The van der Waals surface area contributed by atoms with Crippen molar-refractivity contribution in [3.63, 3.8) is 0 Å². The molecule has 0 aliphatic rings. The summed E-state index contributed by atoms with van der Waals surface area (Å²) in [5, 5.41) is 11.4. The number of hydrogen-bond acceptors (Lipinski definition) is 3. The van der Waals surface area contributed by atoms with E-state index >= 15 is 0 Å². The van der Waals surface area contributed by atoms with Crippen molar-refractivity contribution >= 4 is 43.8 Å². The van der Waals surface area contributed by atoms with E-state index < -0.39 is 0 Å². The Morgan fingerprint density at radius 3 is 2.69 bits per heavy atom. The number of nitrogens with zero attached hydrogens (tertiary/aromatic N) is 2. The van der Waals surface area contributed by atoms with E-state index in [2.05, 4.69) is 41.4 Å². The Bertz CT molecular complexity index is 1340. The van der Waals surface area contributed by atoms with E-state index in [4.69, 9.17) is 0 Å². The van der Waals surface area contributed by atoms with E-state index in [0.717, 1.165) is 37.7 Å². The van der Waals surface area contributed by atoms with Gasteiger partial charge >= 0.3 is 0 Å². The van der Waals surface area contributed by atoms with Crippen LogP contribution in [0.5, 0.6) is 0 Å². The Kier molecular flexibility index (Phi) is 4.37. The number of para-hydroxylation sites is 1. The van der Waals surface area contributed by atoms with Crippen molar-refractivity contribution in [2.45, 2.75) is 6.54 Å². The highest BCUT2D eigenvalue weighted by atomic mass is 79.9. The minimum atomic E-state index is -0.135. The number of carbonyl (C=O) groups is 1. The third kappa shape index (κ3) is 3.40. The molecule has 3 N–H and O–H groups in total. The normalized spacial score (nSPS) is 11.2. The van der Waals surface area contributed by atoms with Gasteiger partial charge in [0, 0.05) is 22.0 Å². The Labute approximate surface area is 174 Å². The summed E-state index contributed by atoms with van der Waals surface area (Å²) in [6.45, 7) is 0.467. The molecule has 0 radical (unpaired) electrons. The molecule has 2 aromatic heterocycles. The lowest BCUT2D eigenvalue weighted by molar-refractivity contribution is 0.0951. The summed E-state index contributed by atoms with van der Waals surface area (Å²) in [6, 6.07) is 21.2. The molecule has 6 nitrogen and oxygen atoms in total. The predicted octanol–water partition coefficient (Wildman–Crippen LogP) is 4.80. The number of benzene rings is 3. The van der Waals surface area contributed by atoms with Crippen LogP contribution in [0.4, 0.5) is 0 Å². The van der Waals surface area contributed by atoms with Crippen molar-refractivity contribution in [1.82, 2.24) is 25.5 Å². The van der Waals surface area contributed by atoms with Crippen molar-refractivity contribution in [2.75, 3.05) is 0 Å². The van der Waals surface area contributed by atoms with Crippen molar-refractivity contribution < 1.29 is 4.79 Å². The Morgan fingerprint density at radius 2 is 1.83 bits per heavy atom. The van der Waals surface area contributed by atoms with Crippen LogP contribution < -0.4 is 5.32 Å². The van der Waals surface area contributed by atoms with Crippen LogP contribution in [0.15, 0.2) is 71.2 Å². The molecule has 142 valence electrons. The zero-order valence-corrected chi connectivity index (χ0v) is 16.8. The van der Waals surface area contributed by atoms with Crippen molar-refractivity contribution in [1.29, 1.82) is 0 Å². The summed E-state index contributed by atoms with van der Waals surface area (Å²) in [5.74, 6) is 0.537. The van der Waals surface area contributed by atoms with E-state index in [1.54, 1.807) is 12.1 Å². The van der Waals surface area contributed by atoms with Crippen LogP contribution in [0.2, 0.25) is 0 Å². The standard InChI is InChI=1S/C22H16BrN5O/c23-15-8-5-13(6-9-15)12-24-22(29)14-7-10-18-19(11-14)26-21(25-18)20-16-3-1-2-4-17(16)27-28-20/h1-11H,12H2,(H,24,29)(H,25,26)(H,27,28). The molecule has 0 aliphatic carbocycles. The monoisotopic (exact) mass is 445 g/mol. The molecule has 0 bridgehead atoms. The number of carbonyl (C=O) groups excluding carboxylic acids is 1. The van der Waals surface area contributed by atoms with Gasteiger partial charge in [0.1, 0.15) is 5.69 Å². The molecule has 5 aromatic rings. The van der Waals surface area contributed by atoms with Gasteiger partial charge < -0.3 is 10.3 Å². The maximum Gasteiger partial charge on any atom is 0.251 e. The quantitative estimate of drug-likeness (QED) is 0.371. The molecule has 3 aromatic carbocycles. The van der Waals surface area contributed by atoms with Gasteiger partial charge in [-0.3, -0.25) is 9.89 Å². The number of halogens is 1. The SMILES string of the molecule is O=C(NCc1ccc(Br)cc1)c1ccc2[nH]c(-c3n[nH]c4ccccc34)nc2c1. The predicted molar refractivity (Wildman–Crippen MR) is 116 cm³/mol. The highest BCUT2D eigenvalue weighted by Crippen LogP contribution is 2.26. The van der Waals surface area contributed by atoms with Gasteiger partial charge in [-0.1, -0.05) is 46.3 Å². The molecular formula is C22H16BrN5O. The number of aromatic amines is 2. The van der Waals surface area contributed by atoms with E-state index in [-0.39, 0.29) is 5.91 Å². The summed E-state index contributed by atoms with van der Waals surface area (Å²) in [6.07, 6.45) is 0. The molecule has 0 aliphatic heterocycles. The summed E-state index contributed by atoms with van der Waals surface area (Å²) in [5.41, 5.74) is 4.91. The zero-order chi connectivity index (χ0) is 19.8. The number of amides is 1. The van der Waals surface area contributed by atoms with Gasteiger partial charge in [-0.2, -0.15) is 5.10 Å². The number of rotatable bonds is 4. The van der Waals surface area contributed by atoms with Gasteiger partial charge in [0.25, 0.3) is 5.91 Å². The molecular weight excluding hydrogens is 430 g/mol. The molecule has 1 amide bonds. The Balaban J connectivity index is 1.40. The number of hydrogen-bond donors (Lipinski definition) is 3. The van der Waals surface area contributed by atoms with Crippen molar-refractivity contribution in [2.24, 2.45) is 0 Å². The molecule has 5 rings (SSSR count). The lowest BCUT2D eigenvalue weighted by atomic mass is 10.1. The van der Waals surface area contributed by atoms with Crippen molar-refractivity contribution in [3.05, 3.63) is 82.3 Å². The first-order valence-electron chi connectivity index (χ1n) is 9.13. The average molecular weight is 446 g/mol. The molecule has 29 heavy (non-hydrogen) atoms. The molecule has 0 atom stereocenters. The summed E-state index contributed by atoms with van der Waals surface area (Å²) < 4.78 is 1.01. The fourth-order valence-corrected chi connectivity index (χ4v) is 3.55. The van der Waals surface area contributed by atoms with E-state index in [1.165, 1.54) is 0 Å². The van der Waals surface area contributed by atoms with E-state index in [0.29, 0.717) is 17.9 Å². The third-order valence-electron chi connectivity index (χ3n) is 4.81. The number of H-pyrrole nitrogens is 2. The molecule has 2 heterocycles. The first-order chi connectivity index (χ1) is 14.2. The van der Waals surface area contributed by atoms with Crippen LogP contribution >= 0.6 is 15.9 Å². The second-order valence-corrected chi connectivity index (χ2v) is 7.66. The Hall–Kier alpha value is -3.45. The fourth-order valence-electron chi connectivity index (χ4n) is 3.29. The van der Waals surface area contributed by atoms with Crippen LogP contribution in [0.25, 0.3) is 33.5 Å². The van der Waals surface area contributed by atoms with Crippen LogP contribution in [-0.2, 0) is 6.54 Å². The van der Waals surface area contributed by atoms with Crippen LogP contribution in [-0.4, -0.2) is 26.1 Å². The smallest absolute Gasteiger partial charge is 0.251 e. The second-order valence-electron chi connectivity index (χ2n) is 6.74. The lowest BCUT2D eigenvalue weighted by Gasteiger charge is -2.05. The number of nitrogens with one attached hydrogen (secondary N) is 3. The van der Waals surface area contributed by atoms with Gasteiger partial charge in [0.2, 0.25) is 0 Å². The van der Waals surface area contributed by atoms with Gasteiger partial charge in [0.05, 0.1) is 16.6 Å². The number of fused-ring (bicyclic) bond motifs is 2. The fraction of sp³-hybridized carbons (Fsp3) is 0.0455. The lowest BCUT2D eigenvalue weighted by Crippen LogP contribution is -2.22. The molecule has 0 fully saturated rings. The van der Waals surface area contributed by atoms with Gasteiger partial charge in [0.15, 0.2) is 5.82 Å². The van der Waals surface area contributed by atoms with Crippen LogP contribution in [0.1, 0.15) is 15.9 Å². The minimum absolute atomic E-state index is 0.135. The molecule has 7 heteroatoms. The van der Waals surface area contributed by atoms with Gasteiger partial charge in [-0.25, -0.2) is 4.98 Å². The van der Waals surface area contributed by atoms with E-state index in [9.17, 15) is 4.79 Å².